The Morgan fingerprint density at radius 2 is 2.00 bits per heavy atom. The van der Waals surface area contributed by atoms with E-state index in [0.29, 0.717) is 5.30 Å². The van der Waals surface area contributed by atoms with Crippen molar-refractivity contribution >= 4 is 12.9 Å². The topological polar surface area (TPSA) is 59.3 Å². The van der Waals surface area contributed by atoms with Crippen molar-refractivity contribution in [3.63, 3.8) is 0 Å². The third-order valence-corrected chi connectivity index (χ3v) is 3.67. The third kappa shape index (κ3) is 3.17. The molecule has 0 amide bonds. The summed E-state index contributed by atoms with van der Waals surface area (Å²) in [5.41, 5.74) is 0. The fourth-order valence-electron chi connectivity index (χ4n) is 1.08. The predicted molar refractivity (Wildman–Crippen MR) is 56.9 cm³/mol. The van der Waals surface area contributed by atoms with Gasteiger partial charge in [0.1, 0.15) is 6.61 Å². The maximum absolute atomic E-state index is 12.2. The fraction of sp³-hybridized carbons (Fsp3) is 0.300. The predicted octanol–water partition coefficient (Wildman–Crippen LogP) is 2.08. The van der Waals surface area contributed by atoms with E-state index in [0.717, 1.165) is 0 Å². The lowest BCUT2D eigenvalue weighted by atomic mass is 10.4. The van der Waals surface area contributed by atoms with E-state index in [9.17, 15) is 4.57 Å². The Bertz CT molecular complexity index is 385. The summed E-state index contributed by atoms with van der Waals surface area (Å²) in [6.45, 7) is 1.76. The molecule has 1 aromatic rings. The molecule has 1 atom stereocenters. The van der Waals surface area contributed by atoms with Gasteiger partial charge in [0.2, 0.25) is 0 Å². The van der Waals surface area contributed by atoms with Crippen molar-refractivity contribution in [1.82, 2.24) is 0 Å². The Hall–Kier alpha value is -1.14. The Balaban J connectivity index is 2.92. The van der Waals surface area contributed by atoms with E-state index in [1.165, 1.54) is 0 Å². The highest BCUT2D eigenvalue weighted by Crippen LogP contribution is 2.46. The Morgan fingerprint density at radius 3 is 2.53 bits per heavy atom. The van der Waals surface area contributed by atoms with Crippen LogP contribution in [0.1, 0.15) is 6.92 Å². The molecule has 0 saturated carbocycles. The minimum absolute atomic E-state index is 0.244. The second-order valence-corrected chi connectivity index (χ2v) is 4.71. The summed E-state index contributed by atoms with van der Waals surface area (Å²) < 4.78 is 22.3. The zero-order valence-electron chi connectivity index (χ0n) is 8.42. The molecule has 0 aromatic heterocycles. The molecule has 0 saturated heterocycles. The largest absolute Gasteiger partial charge is 0.362 e. The van der Waals surface area contributed by atoms with Crippen LogP contribution in [0.4, 0.5) is 0 Å². The highest BCUT2D eigenvalue weighted by molar-refractivity contribution is 7.62. The summed E-state index contributed by atoms with van der Waals surface area (Å²) in [5.74, 6) is 0. The zero-order chi connectivity index (χ0) is 11.1. The molecule has 15 heavy (non-hydrogen) atoms. The van der Waals surface area contributed by atoms with Crippen LogP contribution in [-0.2, 0) is 13.6 Å². The first-order valence-electron chi connectivity index (χ1n) is 4.54. The molecule has 1 aromatic carbocycles. The van der Waals surface area contributed by atoms with E-state index in [4.69, 9.17) is 14.3 Å². The number of nitrogens with zero attached hydrogens (tertiary/aromatic N) is 1. The van der Waals surface area contributed by atoms with Crippen molar-refractivity contribution in [2.75, 3.05) is 13.2 Å². The summed E-state index contributed by atoms with van der Waals surface area (Å²) in [4.78, 5) is 0. The fourth-order valence-corrected chi connectivity index (χ4v) is 2.56. The molecule has 0 aliphatic heterocycles. The van der Waals surface area contributed by atoms with Gasteiger partial charge in [-0.05, 0) is 19.1 Å². The molecule has 0 bridgehead atoms. The van der Waals surface area contributed by atoms with Crippen molar-refractivity contribution in [2.24, 2.45) is 0 Å². The highest BCUT2D eigenvalue weighted by atomic mass is 31.2. The van der Waals surface area contributed by atoms with Gasteiger partial charge in [-0.1, -0.05) is 18.2 Å². The van der Waals surface area contributed by atoms with Gasteiger partial charge in [-0.25, -0.2) is 0 Å². The van der Waals surface area contributed by atoms with E-state index in [2.05, 4.69) is 0 Å². The van der Waals surface area contributed by atoms with Crippen LogP contribution in [0.5, 0.6) is 0 Å². The summed E-state index contributed by atoms with van der Waals surface area (Å²) in [6, 6.07) is 10.4. The Morgan fingerprint density at radius 1 is 1.33 bits per heavy atom. The Kier molecular flexibility index (Phi) is 4.51. The second kappa shape index (κ2) is 5.67. The van der Waals surface area contributed by atoms with Gasteiger partial charge in [0.05, 0.1) is 18.0 Å². The van der Waals surface area contributed by atoms with Gasteiger partial charge in [0.25, 0.3) is 0 Å². The van der Waals surface area contributed by atoms with Crippen LogP contribution in [0.25, 0.3) is 0 Å². The summed E-state index contributed by atoms with van der Waals surface area (Å²) in [7, 11) is -3.31. The van der Waals surface area contributed by atoms with Gasteiger partial charge in [0.15, 0.2) is 0 Å². The zero-order valence-corrected chi connectivity index (χ0v) is 9.31. The van der Waals surface area contributed by atoms with Crippen LogP contribution < -0.4 is 5.30 Å². The standard InChI is InChI=1S/C10H12NO3P/c1-2-13-15(12,14-9-8-11)10-6-4-3-5-7-10/h3-7H,2,9H2,1H3. The molecule has 0 radical (unpaired) electrons. The van der Waals surface area contributed by atoms with E-state index in [1.807, 2.05) is 6.07 Å². The summed E-state index contributed by atoms with van der Waals surface area (Å²) in [6.07, 6.45) is 0. The van der Waals surface area contributed by atoms with Crippen LogP contribution in [0, 0.1) is 11.3 Å². The summed E-state index contributed by atoms with van der Waals surface area (Å²) in [5, 5.41) is 8.87. The molecule has 1 unspecified atom stereocenters. The quantitative estimate of drug-likeness (QED) is 0.720. The van der Waals surface area contributed by atoms with Gasteiger partial charge >= 0.3 is 7.60 Å². The van der Waals surface area contributed by atoms with Crippen molar-refractivity contribution < 1.29 is 13.6 Å². The number of hydrogen-bond acceptors (Lipinski definition) is 4. The van der Waals surface area contributed by atoms with E-state index in [-0.39, 0.29) is 13.2 Å². The molecule has 0 aliphatic rings. The molecule has 1 rings (SSSR count). The van der Waals surface area contributed by atoms with Crippen LogP contribution in [0.2, 0.25) is 0 Å². The van der Waals surface area contributed by atoms with Gasteiger partial charge in [0, 0.05) is 0 Å². The van der Waals surface area contributed by atoms with Crippen LogP contribution in [0.15, 0.2) is 30.3 Å². The van der Waals surface area contributed by atoms with Gasteiger partial charge < -0.3 is 4.52 Å². The average molecular weight is 225 g/mol. The molecule has 0 fully saturated rings. The van der Waals surface area contributed by atoms with E-state index in [1.54, 1.807) is 37.3 Å². The van der Waals surface area contributed by atoms with Crippen molar-refractivity contribution in [2.45, 2.75) is 6.92 Å². The first-order valence-corrected chi connectivity index (χ1v) is 6.09. The van der Waals surface area contributed by atoms with Gasteiger partial charge in [-0.15, -0.1) is 0 Å². The SMILES string of the molecule is CCOP(=O)(OCC#N)c1ccccc1. The molecule has 80 valence electrons. The smallest absolute Gasteiger partial charge is 0.305 e. The minimum Gasteiger partial charge on any atom is -0.305 e. The monoisotopic (exact) mass is 225 g/mol. The maximum Gasteiger partial charge on any atom is 0.362 e. The second-order valence-electron chi connectivity index (χ2n) is 2.68. The lowest BCUT2D eigenvalue weighted by Gasteiger charge is -2.15. The molecular formula is C10H12NO3P. The lowest BCUT2D eigenvalue weighted by molar-refractivity contribution is 0.240. The molecule has 5 heteroatoms. The average Bonchev–Trinajstić information content (AvgIpc) is 2.28. The number of nitriles is 1. The first kappa shape index (κ1) is 11.9. The maximum atomic E-state index is 12.2. The van der Waals surface area contributed by atoms with Crippen LogP contribution in [-0.4, -0.2) is 13.2 Å². The van der Waals surface area contributed by atoms with Crippen molar-refractivity contribution in [3.05, 3.63) is 30.3 Å². The molecule has 0 N–H and O–H groups in total. The van der Waals surface area contributed by atoms with Crippen LogP contribution in [0.3, 0.4) is 0 Å². The molecule has 0 aliphatic carbocycles. The molecule has 4 nitrogen and oxygen atoms in total. The number of hydrogen-bond donors (Lipinski definition) is 0. The number of rotatable bonds is 5. The minimum atomic E-state index is -3.31. The van der Waals surface area contributed by atoms with E-state index >= 15 is 0 Å². The molecule has 0 heterocycles. The third-order valence-electron chi connectivity index (χ3n) is 1.67. The van der Waals surface area contributed by atoms with Crippen molar-refractivity contribution in [1.29, 1.82) is 5.26 Å². The summed E-state index contributed by atoms with van der Waals surface area (Å²) >= 11 is 0. The van der Waals surface area contributed by atoms with Crippen molar-refractivity contribution in [3.8, 4) is 6.07 Å². The van der Waals surface area contributed by atoms with Crippen LogP contribution >= 0.6 is 7.60 Å². The van der Waals surface area contributed by atoms with E-state index < -0.39 is 7.60 Å². The van der Waals surface area contributed by atoms with Gasteiger partial charge in [-0.3, -0.25) is 9.09 Å². The normalized spacial score (nSPS) is 14.1. The first-order chi connectivity index (χ1) is 7.23. The lowest BCUT2D eigenvalue weighted by Crippen LogP contribution is -2.10. The van der Waals surface area contributed by atoms with Gasteiger partial charge in [-0.2, -0.15) is 5.26 Å². The Labute approximate surface area is 89.0 Å². The number of benzene rings is 1. The molecule has 0 spiro atoms. The highest BCUT2D eigenvalue weighted by Gasteiger charge is 2.26. The molecular weight excluding hydrogens is 213 g/mol.